The summed E-state index contributed by atoms with van der Waals surface area (Å²) in [6, 6.07) is 16.9. The Bertz CT molecular complexity index is 1080. The van der Waals surface area contributed by atoms with E-state index in [2.05, 4.69) is 18.9 Å². The fourth-order valence-corrected chi connectivity index (χ4v) is 4.43. The zero-order valence-corrected chi connectivity index (χ0v) is 18.5. The van der Waals surface area contributed by atoms with E-state index in [4.69, 9.17) is 11.6 Å². The van der Waals surface area contributed by atoms with E-state index < -0.39 is 0 Å². The summed E-state index contributed by atoms with van der Waals surface area (Å²) in [5, 5.41) is 5.13. The van der Waals surface area contributed by atoms with Gasteiger partial charge < -0.3 is 4.90 Å². The van der Waals surface area contributed by atoms with Gasteiger partial charge in [0.15, 0.2) is 5.78 Å². The van der Waals surface area contributed by atoms with Gasteiger partial charge in [-0.3, -0.25) is 9.59 Å². The van der Waals surface area contributed by atoms with E-state index >= 15 is 0 Å². The first-order chi connectivity index (χ1) is 15.0. The van der Waals surface area contributed by atoms with Crippen molar-refractivity contribution in [2.45, 2.75) is 32.6 Å². The number of carbonyl (C=O) groups excluding carboxylic acids is 2. The van der Waals surface area contributed by atoms with Gasteiger partial charge >= 0.3 is 0 Å². The third-order valence-electron chi connectivity index (χ3n) is 5.85. The van der Waals surface area contributed by atoms with Crippen LogP contribution < -0.4 is 0 Å². The molecule has 160 valence electrons. The minimum atomic E-state index is -0.0368. The highest BCUT2D eigenvalue weighted by molar-refractivity contribution is 6.30. The van der Waals surface area contributed by atoms with Crippen LogP contribution in [0.2, 0.25) is 5.02 Å². The van der Waals surface area contributed by atoms with Crippen LogP contribution in [0.1, 0.15) is 59.0 Å². The fraction of sp³-hybridized carbons (Fsp3) is 0.320. The van der Waals surface area contributed by atoms with Crippen molar-refractivity contribution in [3.63, 3.8) is 0 Å². The van der Waals surface area contributed by atoms with E-state index in [0.717, 1.165) is 16.9 Å². The predicted octanol–water partition coefficient (Wildman–Crippen LogP) is 5.38. The minimum absolute atomic E-state index is 0.0254. The molecule has 1 amide bonds. The summed E-state index contributed by atoms with van der Waals surface area (Å²) in [6.07, 6.45) is 3.01. The van der Waals surface area contributed by atoms with Gasteiger partial charge in [-0.2, -0.15) is 5.10 Å². The highest BCUT2D eigenvalue weighted by Gasteiger charge is 2.31. The first kappa shape index (κ1) is 21.3. The smallest absolute Gasteiger partial charge is 0.257 e. The van der Waals surface area contributed by atoms with E-state index in [9.17, 15) is 9.59 Å². The molecule has 0 spiro atoms. The van der Waals surface area contributed by atoms with Crippen molar-refractivity contribution in [1.29, 1.82) is 0 Å². The Morgan fingerprint density at radius 1 is 1.03 bits per heavy atom. The lowest BCUT2D eigenvalue weighted by molar-refractivity contribution is 0.0649. The highest BCUT2D eigenvalue weighted by Crippen LogP contribution is 2.28. The molecule has 0 atom stereocenters. The number of rotatable bonds is 5. The largest absolute Gasteiger partial charge is 0.338 e. The third-order valence-corrected chi connectivity index (χ3v) is 6.08. The third kappa shape index (κ3) is 4.42. The van der Waals surface area contributed by atoms with Crippen LogP contribution in [0.4, 0.5) is 0 Å². The van der Waals surface area contributed by atoms with Crippen molar-refractivity contribution in [1.82, 2.24) is 14.7 Å². The summed E-state index contributed by atoms with van der Waals surface area (Å²) >= 11 is 6.16. The van der Waals surface area contributed by atoms with Crippen molar-refractivity contribution in [3.05, 3.63) is 82.6 Å². The monoisotopic (exact) mass is 435 g/mol. The first-order valence-corrected chi connectivity index (χ1v) is 11.1. The molecule has 1 aliphatic rings. The lowest BCUT2D eigenvalue weighted by Gasteiger charge is -2.31. The Labute approximate surface area is 187 Å². The molecule has 0 aliphatic carbocycles. The molecule has 4 rings (SSSR count). The second-order valence-electron chi connectivity index (χ2n) is 8.29. The number of halogens is 1. The summed E-state index contributed by atoms with van der Waals surface area (Å²) in [6.45, 7) is 5.25. The van der Waals surface area contributed by atoms with Crippen molar-refractivity contribution in [2.75, 3.05) is 13.1 Å². The number of amides is 1. The number of carbonyl (C=O) groups is 2. The Balaban J connectivity index is 1.51. The van der Waals surface area contributed by atoms with E-state index in [0.29, 0.717) is 36.5 Å². The first-order valence-electron chi connectivity index (χ1n) is 10.7. The fourth-order valence-electron chi connectivity index (χ4n) is 4.25. The van der Waals surface area contributed by atoms with Crippen LogP contribution in [0.25, 0.3) is 5.69 Å². The van der Waals surface area contributed by atoms with Crippen molar-refractivity contribution in [3.8, 4) is 5.69 Å². The number of likely N-dealkylation sites (tertiary alicyclic amines) is 1. The molecule has 31 heavy (non-hydrogen) atoms. The van der Waals surface area contributed by atoms with Gasteiger partial charge in [-0.05, 0) is 37.0 Å². The van der Waals surface area contributed by atoms with Gasteiger partial charge in [0.1, 0.15) is 0 Å². The number of nitrogens with zero attached hydrogens (tertiary/aromatic N) is 3. The van der Waals surface area contributed by atoms with Crippen LogP contribution in [-0.2, 0) is 0 Å². The molecule has 1 saturated heterocycles. The zero-order valence-electron chi connectivity index (χ0n) is 17.8. The molecule has 0 N–H and O–H groups in total. The Kier molecular flexibility index (Phi) is 6.23. The van der Waals surface area contributed by atoms with Crippen LogP contribution >= 0.6 is 11.6 Å². The maximum atomic E-state index is 13.3. The molecule has 1 aliphatic heterocycles. The van der Waals surface area contributed by atoms with Gasteiger partial charge in [0.05, 0.1) is 23.1 Å². The summed E-state index contributed by atoms with van der Waals surface area (Å²) in [5.41, 5.74) is 3.07. The van der Waals surface area contributed by atoms with Crippen LogP contribution in [-0.4, -0.2) is 39.5 Å². The number of piperidine rings is 1. The molecule has 6 heteroatoms. The Morgan fingerprint density at radius 3 is 2.39 bits per heavy atom. The molecule has 2 heterocycles. The zero-order chi connectivity index (χ0) is 22.0. The van der Waals surface area contributed by atoms with E-state index in [1.54, 1.807) is 10.9 Å². The second-order valence-corrected chi connectivity index (χ2v) is 8.72. The quantitative estimate of drug-likeness (QED) is 0.505. The van der Waals surface area contributed by atoms with Gasteiger partial charge in [0.2, 0.25) is 0 Å². The van der Waals surface area contributed by atoms with Gasteiger partial charge in [0.25, 0.3) is 5.91 Å². The Hall–Kier alpha value is -2.92. The summed E-state index contributed by atoms with van der Waals surface area (Å²) in [5.74, 6) is 0.217. The van der Waals surface area contributed by atoms with Crippen LogP contribution in [0.5, 0.6) is 0 Å². The average molecular weight is 436 g/mol. The Morgan fingerprint density at radius 2 is 1.74 bits per heavy atom. The number of hydrogen-bond donors (Lipinski definition) is 0. The molecule has 2 aromatic carbocycles. The number of Topliss-reactive ketones (excluding diaryl/α,β-unsaturated/α-hetero) is 1. The molecule has 1 aromatic heterocycles. The highest BCUT2D eigenvalue weighted by atomic mass is 35.5. The summed E-state index contributed by atoms with van der Waals surface area (Å²) < 4.78 is 1.80. The maximum Gasteiger partial charge on any atom is 0.257 e. The van der Waals surface area contributed by atoms with Gasteiger partial charge in [-0.1, -0.05) is 61.8 Å². The van der Waals surface area contributed by atoms with Gasteiger partial charge in [-0.25, -0.2) is 4.68 Å². The molecule has 1 fully saturated rings. The molecule has 0 saturated carbocycles. The maximum absolute atomic E-state index is 13.3. The standard InChI is InChI=1S/C25H26ClN3O2/c1-17(2)23-22(16-27-29(23)21-10-6-9-20(26)15-21)25(31)28-13-11-19(12-14-28)24(30)18-7-4-3-5-8-18/h3-10,15-17,19H,11-14H2,1-2H3. The predicted molar refractivity (Wildman–Crippen MR) is 122 cm³/mol. The SMILES string of the molecule is CC(C)c1c(C(=O)N2CCC(C(=O)c3ccccc3)CC2)cnn1-c1cccc(Cl)c1. The van der Waals surface area contributed by atoms with Gasteiger partial charge in [-0.15, -0.1) is 0 Å². The number of hydrogen-bond acceptors (Lipinski definition) is 3. The topological polar surface area (TPSA) is 55.2 Å². The lowest BCUT2D eigenvalue weighted by Crippen LogP contribution is -2.40. The van der Waals surface area contributed by atoms with Crippen molar-refractivity contribution < 1.29 is 9.59 Å². The molecule has 3 aromatic rings. The molecule has 0 radical (unpaired) electrons. The lowest BCUT2D eigenvalue weighted by atomic mass is 9.88. The van der Waals surface area contributed by atoms with Crippen LogP contribution in [0.15, 0.2) is 60.8 Å². The van der Waals surface area contributed by atoms with Gasteiger partial charge in [0, 0.05) is 29.6 Å². The number of aromatic nitrogens is 2. The second kappa shape index (κ2) is 9.06. The van der Waals surface area contributed by atoms with Crippen molar-refractivity contribution in [2.24, 2.45) is 5.92 Å². The average Bonchev–Trinajstić information content (AvgIpc) is 3.24. The van der Waals surface area contributed by atoms with Crippen molar-refractivity contribution >= 4 is 23.3 Å². The molecular formula is C25H26ClN3O2. The van der Waals surface area contributed by atoms with E-state index in [1.807, 2.05) is 59.5 Å². The normalized spacial score (nSPS) is 14.8. The molecule has 5 nitrogen and oxygen atoms in total. The minimum Gasteiger partial charge on any atom is -0.338 e. The van der Waals surface area contributed by atoms with Crippen LogP contribution in [0.3, 0.4) is 0 Å². The number of ketones is 1. The molecule has 0 unspecified atom stereocenters. The number of benzene rings is 2. The van der Waals surface area contributed by atoms with E-state index in [1.165, 1.54) is 0 Å². The molecular weight excluding hydrogens is 410 g/mol. The summed E-state index contributed by atoms with van der Waals surface area (Å²) in [7, 11) is 0. The van der Waals surface area contributed by atoms with E-state index in [-0.39, 0.29) is 23.5 Å². The summed E-state index contributed by atoms with van der Waals surface area (Å²) in [4.78, 5) is 27.9. The van der Waals surface area contributed by atoms with Crippen LogP contribution in [0, 0.1) is 5.92 Å². The molecule has 0 bridgehead atoms.